The number of fused-ring (bicyclic) bond motifs is 1. The molecule has 182 valence electrons. The van der Waals surface area contributed by atoms with Crippen LogP contribution in [0.3, 0.4) is 0 Å². The summed E-state index contributed by atoms with van der Waals surface area (Å²) in [5.74, 6) is -0.465. The molecule has 0 atom stereocenters. The fraction of sp³-hybridized carbons (Fsp3) is 0.250. The highest BCUT2D eigenvalue weighted by Crippen LogP contribution is 2.27. The SMILES string of the molecule is CCn1nc(C)c2c1c(=O)n(Cc1ccc(F)cc1)c(=O)n2CC(=O)Nc1ccc(OC)c(Cl)c1. The van der Waals surface area contributed by atoms with Gasteiger partial charge in [-0.25, -0.2) is 9.18 Å². The molecule has 0 spiro atoms. The standard InChI is InChI=1S/C24H23ClFN5O4/c1-4-31-22-21(14(2)28-31)29(13-20(32)27-17-9-10-19(35-3)18(25)11-17)24(34)30(23(22)33)12-15-5-7-16(26)8-6-15/h5-11H,4,12-13H2,1-3H3,(H,27,32). The molecule has 0 bridgehead atoms. The highest BCUT2D eigenvalue weighted by molar-refractivity contribution is 6.32. The lowest BCUT2D eigenvalue weighted by atomic mass is 10.2. The van der Waals surface area contributed by atoms with Crippen LogP contribution >= 0.6 is 11.6 Å². The molecule has 2 aromatic heterocycles. The summed E-state index contributed by atoms with van der Waals surface area (Å²) in [6.45, 7) is 3.45. The van der Waals surface area contributed by atoms with E-state index in [0.717, 1.165) is 4.57 Å². The number of nitrogens with one attached hydrogen (secondary N) is 1. The maximum Gasteiger partial charge on any atom is 0.332 e. The Balaban J connectivity index is 1.78. The molecule has 9 nitrogen and oxygen atoms in total. The third-order valence-electron chi connectivity index (χ3n) is 5.57. The Labute approximate surface area is 204 Å². The lowest BCUT2D eigenvalue weighted by Gasteiger charge is -2.14. The van der Waals surface area contributed by atoms with Crippen LogP contribution in [0.2, 0.25) is 5.02 Å². The van der Waals surface area contributed by atoms with E-state index < -0.39 is 23.0 Å². The lowest BCUT2D eigenvalue weighted by Crippen LogP contribution is -2.42. The monoisotopic (exact) mass is 499 g/mol. The number of aromatic nitrogens is 4. The summed E-state index contributed by atoms with van der Waals surface area (Å²) < 4.78 is 22.2. The number of benzene rings is 2. The predicted molar refractivity (Wildman–Crippen MR) is 131 cm³/mol. The van der Waals surface area contributed by atoms with Crippen LogP contribution in [0.5, 0.6) is 5.75 Å². The van der Waals surface area contributed by atoms with Gasteiger partial charge < -0.3 is 10.1 Å². The Morgan fingerprint density at radius 3 is 2.46 bits per heavy atom. The Hall–Kier alpha value is -3.92. The van der Waals surface area contributed by atoms with Gasteiger partial charge in [0.15, 0.2) is 5.52 Å². The highest BCUT2D eigenvalue weighted by Gasteiger charge is 2.22. The largest absolute Gasteiger partial charge is 0.495 e. The average molecular weight is 500 g/mol. The van der Waals surface area contributed by atoms with Crippen LogP contribution in [0.4, 0.5) is 10.1 Å². The minimum Gasteiger partial charge on any atom is -0.495 e. The summed E-state index contributed by atoms with van der Waals surface area (Å²) in [6.07, 6.45) is 0. The van der Waals surface area contributed by atoms with Crippen LogP contribution in [-0.4, -0.2) is 31.9 Å². The maximum absolute atomic E-state index is 13.4. The van der Waals surface area contributed by atoms with E-state index in [1.165, 1.54) is 46.7 Å². The second-order valence-electron chi connectivity index (χ2n) is 7.88. The summed E-state index contributed by atoms with van der Waals surface area (Å²) in [5.41, 5.74) is 0.736. The van der Waals surface area contributed by atoms with E-state index in [-0.39, 0.29) is 18.6 Å². The minimum absolute atomic E-state index is 0.0858. The molecular weight excluding hydrogens is 477 g/mol. The molecule has 1 amide bonds. The summed E-state index contributed by atoms with van der Waals surface area (Å²) >= 11 is 6.14. The molecule has 0 aliphatic carbocycles. The molecule has 0 aliphatic heterocycles. The van der Waals surface area contributed by atoms with Crippen molar-refractivity contribution in [3.63, 3.8) is 0 Å². The Morgan fingerprint density at radius 1 is 1.11 bits per heavy atom. The van der Waals surface area contributed by atoms with Crippen LogP contribution in [-0.2, 0) is 24.4 Å². The third kappa shape index (κ3) is 4.69. The van der Waals surface area contributed by atoms with Gasteiger partial charge in [0.1, 0.15) is 23.6 Å². The van der Waals surface area contributed by atoms with Crippen molar-refractivity contribution in [1.29, 1.82) is 0 Å². The number of methoxy groups -OCH3 is 1. The smallest absolute Gasteiger partial charge is 0.332 e. The normalized spacial score (nSPS) is 11.1. The van der Waals surface area contributed by atoms with Crippen molar-refractivity contribution in [2.24, 2.45) is 0 Å². The molecule has 2 aromatic carbocycles. The van der Waals surface area contributed by atoms with Crippen molar-refractivity contribution < 1.29 is 13.9 Å². The molecule has 0 radical (unpaired) electrons. The highest BCUT2D eigenvalue weighted by atomic mass is 35.5. The van der Waals surface area contributed by atoms with Gasteiger partial charge in [0.05, 0.1) is 24.4 Å². The first kappa shape index (κ1) is 24.2. The van der Waals surface area contributed by atoms with Crippen molar-refractivity contribution in [2.75, 3.05) is 12.4 Å². The van der Waals surface area contributed by atoms with E-state index in [1.807, 2.05) is 6.92 Å². The first-order valence-electron chi connectivity index (χ1n) is 10.8. The van der Waals surface area contributed by atoms with Gasteiger partial charge in [-0.3, -0.25) is 23.4 Å². The summed E-state index contributed by atoms with van der Waals surface area (Å²) in [7, 11) is 1.48. The van der Waals surface area contributed by atoms with Crippen LogP contribution in [0.15, 0.2) is 52.1 Å². The van der Waals surface area contributed by atoms with Crippen LogP contribution in [0.1, 0.15) is 18.2 Å². The molecule has 35 heavy (non-hydrogen) atoms. The van der Waals surface area contributed by atoms with Crippen LogP contribution in [0, 0.1) is 12.7 Å². The fourth-order valence-electron chi connectivity index (χ4n) is 3.94. The molecule has 4 rings (SSSR count). The van der Waals surface area contributed by atoms with Crippen molar-refractivity contribution in [2.45, 2.75) is 33.5 Å². The number of carbonyl (C=O) groups excluding carboxylic acids is 1. The number of aryl methyl sites for hydroxylation is 2. The van der Waals surface area contributed by atoms with Gasteiger partial charge in [-0.05, 0) is 49.7 Å². The van der Waals surface area contributed by atoms with E-state index >= 15 is 0 Å². The van der Waals surface area contributed by atoms with Gasteiger partial charge in [-0.1, -0.05) is 23.7 Å². The van der Waals surface area contributed by atoms with Crippen molar-refractivity contribution in [3.05, 3.63) is 85.4 Å². The quantitative estimate of drug-likeness (QED) is 0.421. The number of carbonyl (C=O) groups is 1. The number of hydrogen-bond donors (Lipinski definition) is 1. The van der Waals surface area contributed by atoms with Gasteiger partial charge in [-0.2, -0.15) is 5.10 Å². The number of nitrogens with zero attached hydrogens (tertiary/aromatic N) is 4. The molecular formula is C24H23ClFN5O4. The van der Waals surface area contributed by atoms with E-state index in [1.54, 1.807) is 19.1 Å². The predicted octanol–water partition coefficient (Wildman–Crippen LogP) is 3.18. The molecule has 0 aliphatic rings. The number of anilines is 1. The zero-order chi connectivity index (χ0) is 25.3. The summed E-state index contributed by atoms with van der Waals surface area (Å²) in [4.78, 5) is 39.7. The zero-order valence-corrected chi connectivity index (χ0v) is 20.1. The van der Waals surface area contributed by atoms with Crippen molar-refractivity contribution in [1.82, 2.24) is 18.9 Å². The molecule has 2 heterocycles. The summed E-state index contributed by atoms with van der Waals surface area (Å²) in [5, 5.41) is 7.41. The minimum atomic E-state index is -0.673. The molecule has 0 saturated carbocycles. The Morgan fingerprint density at radius 2 is 1.83 bits per heavy atom. The molecule has 0 unspecified atom stereocenters. The molecule has 4 aromatic rings. The van der Waals surface area contributed by atoms with E-state index in [0.29, 0.717) is 39.8 Å². The lowest BCUT2D eigenvalue weighted by molar-refractivity contribution is -0.116. The molecule has 11 heteroatoms. The first-order chi connectivity index (χ1) is 16.7. The van der Waals surface area contributed by atoms with Crippen molar-refractivity contribution in [3.8, 4) is 5.75 Å². The number of ether oxygens (including phenoxy) is 1. The second kappa shape index (κ2) is 9.75. The Kier molecular flexibility index (Phi) is 6.74. The van der Waals surface area contributed by atoms with E-state index in [2.05, 4.69) is 10.4 Å². The van der Waals surface area contributed by atoms with Gasteiger partial charge >= 0.3 is 5.69 Å². The first-order valence-corrected chi connectivity index (χ1v) is 11.2. The van der Waals surface area contributed by atoms with Crippen LogP contribution in [0.25, 0.3) is 11.0 Å². The fourth-order valence-corrected chi connectivity index (χ4v) is 4.20. The number of rotatable bonds is 7. The van der Waals surface area contributed by atoms with Gasteiger partial charge in [-0.15, -0.1) is 0 Å². The molecule has 0 saturated heterocycles. The second-order valence-corrected chi connectivity index (χ2v) is 8.29. The topological polar surface area (TPSA) is 100 Å². The van der Waals surface area contributed by atoms with E-state index in [4.69, 9.17) is 16.3 Å². The summed E-state index contributed by atoms with van der Waals surface area (Å²) in [6, 6.07) is 10.3. The third-order valence-corrected chi connectivity index (χ3v) is 5.86. The number of hydrogen-bond acceptors (Lipinski definition) is 5. The van der Waals surface area contributed by atoms with Gasteiger partial charge in [0.25, 0.3) is 5.56 Å². The Bertz CT molecular complexity index is 1540. The average Bonchev–Trinajstić information content (AvgIpc) is 3.17. The number of amides is 1. The molecule has 0 fully saturated rings. The maximum atomic E-state index is 13.4. The zero-order valence-electron chi connectivity index (χ0n) is 19.3. The number of halogens is 2. The van der Waals surface area contributed by atoms with Gasteiger partial charge in [0, 0.05) is 12.2 Å². The molecule has 1 N–H and O–H groups in total. The van der Waals surface area contributed by atoms with E-state index in [9.17, 15) is 18.8 Å². The van der Waals surface area contributed by atoms with Crippen LogP contribution < -0.4 is 21.3 Å². The van der Waals surface area contributed by atoms with Gasteiger partial charge in [0.2, 0.25) is 5.91 Å². The van der Waals surface area contributed by atoms with Crippen molar-refractivity contribution >= 4 is 34.2 Å².